The fourth-order valence-electron chi connectivity index (χ4n) is 3.98. The molecule has 0 aromatic heterocycles. The van der Waals surface area contributed by atoms with Gasteiger partial charge in [0.25, 0.3) is 0 Å². The number of thioether (sulfide) groups is 1. The molecule has 0 bridgehead atoms. The van der Waals surface area contributed by atoms with E-state index in [0.29, 0.717) is 17.9 Å². The van der Waals surface area contributed by atoms with Crippen LogP contribution in [0.5, 0.6) is 0 Å². The summed E-state index contributed by atoms with van der Waals surface area (Å²) in [6.07, 6.45) is 8.86. The van der Waals surface area contributed by atoms with Gasteiger partial charge in [0.2, 0.25) is 11.0 Å². The zero-order valence-corrected chi connectivity index (χ0v) is 20.6. The minimum atomic E-state index is -0.352. The first-order valence-corrected chi connectivity index (χ1v) is 12.4. The summed E-state index contributed by atoms with van der Waals surface area (Å²) >= 11 is 1.34. The molecule has 1 unspecified atom stereocenters. The van der Waals surface area contributed by atoms with Crippen LogP contribution >= 0.6 is 11.8 Å². The van der Waals surface area contributed by atoms with Gasteiger partial charge >= 0.3 is 0 Å². The molecular weight excluding hydrogens is 414 g/mol. The van der Waals surface area contributed by atoms with Crippen LogP contribution in [0.15, 0.2) is 79.4 Å². The van der Waals surface area contributed by atoms with Gasteiger partial charge in [-0.15, -0.1) is 0 Å². The average molecular weight is 452 g/mol. The predicted molar refractivity (Wildman–Crippen MR) is 138 cm³/mol. The van der Waals surface area contributed by atoms with Crippen LogP contribution in [0, 0.1) is 5.41 Å². The van der Waals surface area contributed by atoms with Crippen LogP contribution in [0.25, 0.3) is 0 Å². The lowest BCUT2D eigenvalue weighted by atomic mass is 9.82. The van der Waals surface area contributed by atoms with Crippen molar-refractivity contribution in [2.24, 2.45) is 5.41 Å². The highest BCUT2D eigenvalue weighted by atomic mass is 32.2. The monoisotopic (exact) mass is 451 g/mol. The molecule has 0 radical (unpaired) electrons. The van der Waals surface area contributed by atoms with E-state index in [0.717, 1.165) is 31.3 Å². The van der Waals surface area contributed by atoms with Gasteiger partial charge in [-0.3, -0.25) is 9.59 Å². The number of rotatable bonds is 11. The highest BCUT2D eigenvalue weighted by Crippen LogP contribution is 2.34. The van der Waals surface area contributed by atoms with E-state index in [4.69, 9.17) is 0 Å². The van der Waals surface area contributed by atoms with E-state index in [2.05, 4.69) is 38.8 Å². The van der Waals surface area contributed by atoms with Crippen molar-refractivity contribution in [3.63, 3.8) is 0 Å². The third-order valence-corrected chi connectivity index (χ3v) is 7.54. The second kappa shape index (κ2) is 12.1. The predicted octanol–water partition coefficient (Wildman–Crippen LogP) is 6.70. The lowest BCUT2D eigenvalue weighted by molar-refractivity contribution is -0.132. The maximum Gasteiger partial charge on any atom is 0.250 e. The number of amides is 1. The maximum absolute atomic E-state index is 13.1. The molecule has 1 aromatic carbocycles. The molecule has 2 rings (SSSR count). The summed E-state index contributed by atoms with van der Waals surface area (Å²) in [6, 6.07) is 9.92. The minimum Gasteiger partial charge on any atom is -0.328 e. The maximum atomic E-state index is 13.1. The van der Waals surface area contributed by atoms with Gasteiger partial charge in [0.15, 0.2) is 0 Å². The summed E-state index contributed by atoms with van der Waals surface area (Å²) in [5, 5.41) is 0.0811. The van der Waals surface area contributed by atoms with Crippen LogP contribution in [-0.2, 0) is 9.59 Å². The van der Waals surface area contributed by atoms with E-state index < -0.39 is 0 Å². The van der Waals surface area contributed by atoms with Gasteiger partial charge in [0.05, 0.1) is 0 Å². The van der Waals surface area contributed by atoms with Crippen molar-refractivity contribution >= 4 is 22.8 Å². The van der Waals surface area contributed by atoms with Crippen LogP contribution < -0.4 is 0 Å². The van der Waals surface area contributed by atoms with Gasteiger partial charge in [-0.05, 0) is 42.2 Å². The molecule has 1 aliphatic rings. The fourth-order valence-corrected chi connectivity index (χ4v) is 4.97. The molecule has 0 saturated carbocycles. The lowest BCUT2D eigenvalue weighted by Crippen LogP contribution is -2.42. The number of carbonyl (C=O) groups is 2. The van der Waals surface area contributed by atoms with E-state index in [1.165, 1.54) is 17.3 Å². The normalized spacial score (nSPS) is 17.7. The van der Waals surface area contributed by atoms with Crippen molar-refractivity contribution < 1.29 is 9.59 Å². The van der Waals surface area contributed by atoms with Crippen molar-refractivity contribution in [1.29, 1.82) is 0 Å². The van der Waals surface area contributed by atoms with Gasteiger partial charge in [0.1, 0.15) is 6.04 Å². The van der Waals surface area contributed by atoms with Crippen LogP contribution in [0.3, 0.4) is 0 Å². The van der Waals surface area contributed by atoms with E-state index in [9.17, 15) is 9.59 Å². The summed E-state index contributed by atoms with van der Waals surface area (Å²) in [5.41, 5.74) is 2.63. The highest BCUT2D eigenvalue weighted by molar-refractivity contribution is 8.13. The summed E-state index contributed by atoms with van der Waals surface area (Å²) in [5.74, 6) is 0.762. The first-order chi connectivity index (χ1) is 15.3. The third kappa shape index (κ3) is 6.35. The molecule has 32 heavy (non-hydrogen) atoms. The van der Waals surface area contributed by atoms with Gasteiger partial charge in [-0.25, -0.2) is 0 Å². The quantitative estimate of drug-likeness (QED) is 0.277. The highest BCUT2D eigenvalue weighted by Gasteiger charge is 2.37. The number of benzene rings is 1. The number of allylic oxidation sites excluding steroid dienone is 4. The molecule has 3 nitrogen and oxygen atoms in total. The number of hydrogen-bond acceptors (Lipinski definition) is 3. The van der Waals surface area contributed by atoms with Crippen molar-refractivity contribution in [3.05, 3.63) is 85.0 Å². The summed E-state index contributed by atoms with van der Waals surface area (Å²) in [4.78, 5) is 27.9. The Morgan fingerprint density at radius 1 is 1.25 bits per heavy atom. The topological polar surface area (TPSA) is 37.4 Å². The molecule has 172 valence electrons. The zero-order valence-electron chi connectivity index (χ0n) is 19.8. The van der Waals surface area contributed by atoms with Crippen LogP contribution in [0.2, 0.25) is 0 Å². The Labute approximate surface area is 198 Å². The SMILES string of the molecule is C=C/C=C(\C=C)C(CCSC(=O)[C@@H]1CCCN1C(=O)C(=C)C(C)(C)CC)c1ccccc1. The fraction of sp³-hybridized carbons (Fsp3) is 0.429. The van der Waals surface area contributed by atoms with Crippen molar-refractivity contribution in [2.75, 3.05) is 12.3 Å². The molecule has 0 aliphatic carbocycles. The first kappa shape index (κ1) is 25.9. The van der Waals surface area contributed by atoms with E-state index in [-0.39, 0.29) is 28.4 Å². The zero-order chi connectivity index (χ0) is 23.7. The molecule has 0 N–H and O–H groups in total. The Hall–Kier alpha value is -2.33. The van der Waals surface area contributed by atoms with Gasteiger partial charge < -0.3 is 4.90 Å². The Morgan fingerprint density at radius 3 is 2.53 bits per heavy atom. The first-order valence-electron chi connectivity index (χ1n) is 11.4. The number of nitrogens with zero attached hydrogens (tertiary/aromatic N) is 1. The Bertz CT molecular complexity index is 869. The summed E-state index contributed by atoms with van der Waals surface area (Å²) in [6.45, 7) is 18.6. The van der Waals surface area contributed by atoms with Gasteiger partial charge in [0, 0.05) is 23.8 Å². The summed E-state index contributed by atoms with van der Waals surface area (Å²) < 4.78 is 0. The molecule has 4 heteroatoms. The number of likely N-dealkylation sites (tertiary alicyclic amines) is 1. The van der Waals surface area contributed by atoms with Crippen LogP contribution in [-0.4, -0.2) is 34.3 Å². The second-order valence-electron chi connectivity index (χ2n) is 8.90. The Kier molecular flexibility index (Phi) is 9.77. The standard InChI is InChI=1S/C28H37NO2S/c1-7-14-22(8-2)24(23-15-11-10-12-16-23)18-20-32-27(31)25-17-13-19-29(25)26(30)21(4)28(5,6)9-3/h7-8,10-12,14-16,24-25H,1-2,4,9,13,17-20H2,3,5-6H3/b22-14+/t24?,25-/m0/s1. The average Bonchev–Trinajstić information content (AvgIpc) is 3.30. The van der Waals surface area contributed by atoms with Gasteiger partial charge in [-0.1, -0.05) is 101 Å². The lowest BCUT2D eigenvalue weighted by Gasteiger charge is -2.31. The van der Waals surface area contributed by atoms with E-state index in [1.807, 2.05) is 44.2 Å². The molecule has 1 heterocycles. The van der Waals surface area contributed by atoms with Gasteiger partial charge in [-0.2, -0.15) is 0 Å². The van der Waals surface area contributed by atoms with Crippen LogP contribution in [0.4, 0.5) is 0 Å². The molecule has 1 aromatic rings. The van der Waals surface area contributed by atoms with Crippen molar-refractivity contribution in [1.82, 2.24) is 4.90 Å². The number of carbonyl (C=O) groups excluding carboxylic acids is 2. The number of hydrogen-bond donors (Lipinski definition) is 0. The molecule has 1 saturated heterocycles. The smallest absolute Gasteiger partial charge is 0.250 e. The molecular formula is C28H37NO2S. The van der Waals surface area contributed by atoms with E-state index >= 15 is 0 Å². The molecule has 1 aliphatic heterocycles. The Morgan fingerprint density at radius 2 is 1.94 bits per heavy atom. The van der Waals surface area contributed by atoms with Crippen LogP contribution in [0.1, 0.15) is 57.9 Å². The second-order valence-corrected chi connectivity index (χ2v) is 10.00. The third-order valence-electron chi connectivity index (χ3n) is 6.55. The minimum absolute atomic E-state index is 0.0710. The van der Waals surface area contributed by atoms with Crippen molar-refractivity contribution in [2.45, 2.75) is 58.4 Å². The van der Waals surface area contributed by atoms with Crippen molar-refractivity contribution in [3.8, 4) is 0 Å². The Balaban J connectivity index is 2.05. The molecule has 1 fully saturated rings. The molecule has 0 spiro atoms. The molecule has 2 atom stereocenters. The summed E-state index contributed by atoms with van der Waals surface area (Å²) in [7, 11) is 0. The van der Waals surface area contributed by atoms with E-state index in [1.54, 1.807) is 11.0 Å². The molecule has 1 amide bonds. The largest absolute Gasteiger partial charge is 0.328 e.